The fraction of sp³-hybridized carbons (Fsp3) is 0.688. The van der Waals surface area contributed by atoms with Crippen LogP contribution in [0.3, 0.4) is 0 Å². The molecule has 2 unspecified atom stereocenters. The zero-order chi connectivity index (χ0) is 13.5. The molecule has 1 fully saturated rings. The van der Waals surface area contributed by atoms with E-state index in [1.165, 1.54) is 50.6 Å². The quantitative estimate of drug-likeness (QED) is 0.821. The van der Waals surface area contributed by atoms with Crippen LogP contribution in [0, 0.1) is 11.8 Å². The van der Waals surface area contributed by atoms with E-state index in [4.69, 9.17) is 0 Å². The second-order valence-corrected chi connectivity index (χ2v) is 6.60. The summed E-state index contributed by atoms with van der Waals surface area (Å²) in [5, 5.41) is 3.55. The SMILES string of the molecule is CCNCC1CCCCCC1Cc1cncc(Br)c1. The smallest absolute Gasteiger partial charge is 0.0410 e. The maximum Gasteiger partial charge on any atom is 0.0410 e. The zero-order valence-corrected chi connectivity index (χ0v) is 13.5. The first-order valence-corrected chi connectivity index (χ1v) is 8.39. The Hall–Kier alpha value is -0.410. The number of nitrogens with zero attached hydrogens (tertiary/aromatic N) is 1. The van der Waals surface area contributed by atoms with Crippen molar-refractivity contribution in [3.63, 3.8) is 0 Å². The zero-order valence-electron chi connectivity index (χ0n) is 11.9. The molecule has 2 nitrogen and oxygen atoms in total. The molecule has 0 radical (unpaired) electrons. The monoisotopic (exact) mass is 324 g/mol. The van der Waals surface area contributed by atoms with Gasteiger partial charge in [-0.25, -0.2) is 0 Å². The molecule has 1 N–H and O–H groups in total. The summed E-state index contributed by atoms with van der Waals surface area (Å²) in [6, 6.07) is 2.22. The summed E-state index contributed by atoms with van der Waals surface area (Å²) < 4.78 is 1.10. The minimum atomic E-state index is 0.817. The van der Waals surface area contributed by atoms with E-state index in [1.807, 2.05) is 12.4 Å². The van der Waals surface area contributed by atoms with Gasteiger partial charge in [-0.2, -0.15) is 0 Å². The van der Waals surface area contributed by atoms with Crippen LogP contribution >= 0.6 is 15.9 Å². The van der Waals surface area contributed by atoms with Crippen molar-refractivity contribution in [3.8, 4) is 0 Å². The summed E-state index contributed by atoms with van der Waals surface area (Å²) in [6.45, 7) is 4.47. The van der Waals surface area contributed by atoms with Gasteiger partial charge in [-0.15, -0.1) is 0 Å². The van der Waals surface area contributed by atoms with Crippen LogP contribution in [0.5, 0.6) is 0 Å². The van der Waals surface area contributed by atoms with Gasteiger partial charge in [0.15, 0.2) is 0 Å². The highest BCUT2D eigenvalue weighted by Crippen LogP contribution is 2.31. The van der Waals surface area contributed by atoms with Crippen molar-refractivity contribution < 1.29 is 0 Å². The van der Waals surface area contributed by atoms with E-state index in [-0.39, 0.29) is 0 Å². The van der Waals surface area contributed by atoms with E-state index < -0.39 is 0 Å². The van der Waals surface area contributed by atoms with Crippen LogP contribution in [-0.2, 0) is 6.42 Å². The molecule has 1 aromatic rings. The number of aromatic nitrogens is 1. The Morgan fingerprint density at radius 3 is 2.74 bits per heavy atom. The second-order valence-electron chi connectivity index (χ2n) is 5.68. The topological polar surface area (TPSA) is 24.9 Å². The summed E-state index contributed by atoms with van der Waals surface area (Å²) >= 11 is 3.52. The van der Waals surface area contributed by atoms with Crippen LogP contribution in [0.15, 0.2) is 22.9 Å². The Labute approximate surface area is 125 Å². The highest BCUT2D eigenvalue weighted by atomic mass is 79.9. The van der Waals surface area contributed by atoms with Gasteiger partial charge in [0.25, 0.3) is 0 Å². The van der Waals surface area contributed by atoms with E-state index in [0.717, 1.165) is 22.9 Å². The van der Waals surface area contributed by atoms with Crippen molar-refractivity contribution in [2.75, 3.05) is 13.1 Å². The van der Waals surface area contributed by atoms with Crippen LogP contribution < -0.4 is 5.32 Å². The maximum atomic E-state index is 4.30. The van der Waals surface area contributed by atoms with Crippen LogP contribution in [0.25, 0.3) is 0 Å². The summed E-state index contributed by atoms with van der Waals surface area (Å²) in [4.78, 5) is 4.30. The van der Waals surface area contributed by atoms with Gasteiger partial charge in [-0.05, 0) is 71.7 Å². The molecule has 1 aromatic heterocycles. The summed E-state index contributed by atoms with van der Waals surface area (Å²) in [6.07, 6.45) is 12.1. The molecule has 1 aliphatic rings. The molecule has 106 valence electrons. The Balaban J connectivity index is 2.00. The average Bonchev–Trinajstić information content (AvgIpc) is 2.62. The third kappa shape index (κ3) is 4.88. The van der Waals surface area contributed by atoms with Crippen LogP contribution in [0.1, 0.15) is 44.6 Å². The molecule has 0 aromatic carbocycles. The van der Waals surface area contributed by atoms with Crippen molar-refractivity contribution >= 4 is 15.9 Å². The Kier molecular flexibility index (Phi) is 6.32. The lowest BCUT2D eigenvalue weighted by Crippen LogP contribution is -2.28. The molecule has 0 saturated heterocycles. The number of nitrogens with one attached hydrogen (secondary N) is 1. The van der Waals surface area contributed by atoms with Crippen LogP contribution in [0.2, 0.25) is 0 Å². The lowest BCUT2D eigenvalue weighted by molar-refractivity contribution is 0.299. The first kappa shape index (κ1) is 15.0. The molecule has 1 saturated carbocycles. The molecule has 2 atom stereocenters. The number of hydrogen-bond acceptors (Lipinski definition) is 2. The number of hydrogen-bond donors (Lipinski definition) is 1. The fourth-order valence-corrected chi connectivity index (χ4v) is 3.61. The van der Waals surface area contributed by atoms with Crippen LogP contribution in [-0.4, -0.2) is 18.1 Å². The molecule has 0 aliphatic heterocycles. The third-order valence-electron chi connectivity index (χ3n) is 4.23. The first-order chi connectivity index (χ1) is 9.29. The number of rotatable bonds is 5. The third-order valence-corrected chi connectivity index (χ3v) is 4.67. The molecular weight excluding hydrogens is 300 g/mol. The molecule has 0 spiro atoms. The van der Waals surface area contributed by atoms with E-state index in [2.05, 4.69) is 39.2 Å². The lowest BCUT2D eigenvalue weighted by atomic mass is 9.83. The van der Waals surface area contributed by atoms with Gasteiger partial charge >= 0.3 is 0 Å². The van der Waals surface area contributed by atoms with Crippen molar-refractivity contribution in [2.45, 2.75) is 45.4 Å². The molecule has 19 heavy (non-hydrogen) atoms. The van der Waals surface area contributed by atoms with Crippen molar-refractivity contribution in [1.82, 2.24) is 10.3 Å². The van der Waals surface area contributed by atoms with E-state index in [1.54, 1.807) is 0 Å². The second kappa shape index (κ2) is 8.01. The van der Waals surface area contributed by atoms with Gasteiger partial charge in [-0.1, -0.05) is 26.2 Å². The molecule has 3 heteroatoms. The molecule has 0 amide bonds. The van der Waals surface area contributed by atoms with Crippen molar-refractivity contribution in [2.24, 2.45) is 11.8 Å². The Bertz CT molecular complexity index is 381. The maximum absolute atomic E-state index is 4.30. The van der Waals surface area contributed by atoms with E-state index in [0.29, 0.717) is 0 Å². The summed E-state index contributed by atoms with van der Waals surface area (Å²) in [5.41, 5.74) is 1.38. The van der Waals surface area contributed by atoms with Gasteiger partial charge in [0.1, 0.15) is 0 Å². The summed E-state index contributed by atoms with van der Waals surface area (Å²) in [5.74, 6) is 1.65. The predicted octanol–water partition coefficient (Wildman–Crippen LogP) is 4.19. The Morgan fingerprint density at radius 2 is 2.00 bits per heavy atom. The van der Waals surface area contributed by atoms with Gasteiger partial charge in [0, 0.05) is 16.9 Å². The normalized spacial score (nSPS) is 24.1. The van der Waals surface area contributed by atoms with Gasteiger partial charge in [0.05, 0.1) is 0 Å². The van der Waals surface area contributed by atoms with Crippen molar-refractivity contribution in [1.29, 1.82) is 0 Å². The fourth-order valence-electron chi connectivity index (χ4n) is 3.20. The highest BCUT2D eigenvalue weighted by Gasteiger charge is 2.23. The van der Waals surface area contributed by atoms with E-state index in [9.17, 15) is 0 Å². The average molecular weight is 325 g/mol. The van der Waals surface area contributed by atoms with Gasteiger partial charge in [-0.3, -0.25) is 4.98 Å². The summed E-state index contributed by atoms with van der Waals surface area (Å²) in [7, 11) is 0. The minimum Gasteiger partial charge on any atom is -0.317 e. The lowest BCUT2D eigenvalue weighted by Gasteiger charge is -2.25. The molecule has 1 heterocycles. The van der Waals surface area contributed by atoms with Gasteiger partial charge in [0.2, 0.25) is 0 Å². The molecule has 0 bridgehead atoms. The first-order valence-electron chi connectivity index (χ1n) is 7.59. The standard InChI is InChI=1S/C16H25BrN2/c1-2-18-11-15-7-5-3-4-6-14(15)8-13-9-16(17)12-19-10-13/h9-10,12,14-15,18H,2-8,11H2,1H3. The van der Waals surface area contributed by atoms with Crippen molar-refractivity contribution in [3.05, 3.63) is 28.5 Å². The predicted molar refractivity (Wildman–Crippen MR) is 84.2 cm³/mol. The Morgan fingerprint density at radius 1 is 1.21 bits per heavy atom. The molecule has 2 rings (SSSR count). The number of halogens is 1. The largest absolute Gasteiger partial charge is 0.317 e. The highest BCUT2D eigenvalue weighted by molar-refractivity contribution is 9.10. The molecular formula is C16H25BrN2. The van der Waals surface area contributed by atoms with Gasteiger partial charge < -0.3 is 5.32 Å². The van der Waals surface area contributed by atoms with Crippen LogP contribution in [0.4, 0.5) is 0 Å². The van der Waals surface area contributed by atoms with E-state index >= 15 is 0 Å². The molecule has 1 aliphatic carbocycles. The minimum absolute atomic E-state index is 0.817. The number of pyridine rings is 1.